The molecule has 0 heterocycles. The summed E-state index contributed by atoms with van der Waals surface area (Å²) in [5.74, 6) is 0.410. The predicted octanol–water partition coefficient (Wildman–Crippen LogP) is 1.41. The average Bonchev–Trinajstić information content (AvgIpc) is 2.15. The smallest absolute Gasteiger partial charge is 0.293 e. The Morgan fingerprint density at radius 3 is 3.17 bits per heavy atom. The van der Waals surface area contributed by atoms with E-state index in [1.165, 1.54) is 0 Å². The Hall–Kier alpha value is -1.30. The lowest BCUT2D eigenvalue weighted by atomic mass is 9.91. The summed E-state index contributed by atoms with van der Waals surface area (Å²) in [6.45, 7) is 0.961. The molecule has 0 aliphatic heterocycles. The molecule has 0 aromatic carbocycles. The molecule has 1 aliphatic rings. The van der Waals surface area contributed by atoms with Crippen LogP contribution in [0.3, 0.4) is 0 Å². The molecule has 0 spiro atoms. The zero-order valence-corrected chi connectivity index (χ0v) is 6.82. The van der Waals surface area contributed by atoms with Gasteiger partial charge in [0.25, 0.3) is 6.47 Å². The largest absolute Gasteiger partial charge is 0.468 e. The lowest BCUT2D eigenvalue weighted by Crippen LogP contribution is -2.11. The van der Waals surface area contributed by atoms with Crippen LogP contribution < -0.4 is 0 Å². The van der Waals surface area contributed by atoms with Crippen LogP contribution in [0, 0.1) is 17.2 Å². The zero-order chi connectivity index (χ0) is 8.81. The molecule has 12 heavy (non-hydrogen) atoms. The van der Waals surface area contributed by atoms with Crippen molar-refractivity contribution in [3.05, 3.63) is 11.6 Å². The van der Waals surface area contributed by atoms with Gasteiger partial charge in [0.2, 0.25) is 0 Å². The molecule has 0 amide bonds. The lowest BCUT2D eigenvalue weighted by molar-refractivity contribution is -0.130. The van der Waals surface area contributed by atoms with Gasteiger partial charge in [-0.3, -0.25) is 4.79 Å². The molecule has 0 aromatic heterocycles. The first-order valence-electron chi connectivity index (χ1n) is 4.01. The van der Waals surface area contributed by atoms with Crippen molar-refractivity contribution in [1.29, 1.82) is 5.26 Å². The summed E-state index contributed by atoms with van der Waals surface area (Å²) in [5, 5.41) is 8.55. The van der Waals surface area contributed by atoms with Crippen molar-refractivity contribution in [3.63, 3.8) is 0 Å². The molecule has 1 aliphatic carbocycles. The van der Waals surface area contributed by atoms with Crippen LogP contribution in [-0.2, 0) is 9.53 Å². The summed E-state index contributed by atoms with van der Waals surface area (Å²) in [7, 11) is 0. The molecule has 0 saturated heterocycles. The number of allylic oxidation sites excluding steroid dienone is 2. The second kappa shape index (κ2) is 4.55. The highest BCUT2D eigenvalue weighted by molar-refractivity contribution is 5.36. The Labute approximate surface area is 71.6 Å². The molecule has 3 nitrogen and oxygen atoms in total. The van der Waals surface area contributed by atoms with E-state index in [0.29, 0.717) is 19.0 Å². The summed E-state index contributed by atoms with van der Waals surface area (Å²) in [4.78, 5) is 9.88. The first-order valence-corrected chi connectivity index (χ1v) is 4.01. The zero-order valence-electron chi connectivity index (χ0n) is 6.82. The highest BCUT2D eigenvalue weighted by atomic mass is 16.5. The van der Waals surface area contributed by atoms with Gasteiger partial charge < -0.3 is 4.74 Å². The molecular formula is C9H11NO2. The van der Waals surface area contributed by atoms with E-state index >= 15 is 0 Å². The van der Waals surface area contributed by atoms with Crippen LogP contribution in [0.5, 0.6) is 0 Å². The van der Waals surface area contributed by atoms with Crippen LogP contribution in [0.25, 0.3) is 0 Å². The number of ether oxygens (including phenoxy) is 1. The van der Waals surface area contributed by atoms with Gasteiger partial charge in [0.1, 0.15) is 0 Å². The van der Waals surface area contributed by atoms with Crippen molar-refractivity contribution < 1.29 is 9.53 Å². The maximum atomic E-state index is 9.88. The van der Waals surface area contributed by atoms with Crippen molar-refractivity contribution in [2.45, 2.75) is 19.3 Å². The fourth-order valence-corrected chi connectivity index (χ4v) is 1.32. The monoisotopic (exact) mass is 165 g/mol. The third-order valence-electron chi connectivity index (χ3n) is 2.06. The Bertz CT molecular complexity index is 227. The molecular weight excluding hydrogens is 154 g/mol. The van der Waals surface area contributed by atoms with Gasteiger partial charge in [0, 0.05) is 5.57 Å². The van der Waals surface area contributed by atoms with Crippen molar-refractivity contribution >= 4 is 6.47 Å². The number of carbonyl (C=O) groups excluding carboxylic acids is 1. The predicted molar refractivity (Wildman–Crippen MR) is 43.1 cm³/mol. The second-order valence-corrected chi connectivity index (χ2v) is 2.91. The van der Waals surface area contributed by atoms with Gasteiger partial charge in [-0.25, -0.2) is 0 Å². The molecule has 1 unspecified atom stereocenters. The van der Waals surface area contributed by atoms with Crippen LogP contribution in [0.2, 0.25) is 0 Å². The maximum Gasteiger partial charge on any atom is 0.293 e. The van der Waals surface area contributed by atoms with Crippen molar-refractivity contribution in [2.75, 3.05) is 6.61 Å². The molecule has 64 valence electrons. The molecule has 3 heteroatoms. The normalized spacial score (nSPS) is 22.2. The molecule has 0 bridgehead atoms. The first-order chi connectivity index (χ1) is 5.86. The van der Waals surface area contributed by atoms with Crippen molar-refractivity contribution in [1.82, 2.24) is 0 Å². The van der Waals surface area contributed by atoms with E-state index in [2.05, 4.69) is 10.8 Å². The Morgan fingerprint density at radius 1 is 1.83 bits per heavy atom. The number of rotatable bonds is 3. The van der Waals surface area contributed by atoms with E-state index in [-0.39, 0.29) is 0 Å². The average molecular weight is 165 g/mol. The molecule has 0 N–H and O–H groups in total. The summed E-state index contributed by atoms with van der Waals surface area (Å²) in [6.07, 6.45) is 4.57. The van der Waals surface area contributed by atoms with Crippen LogP contribution in [0.1, 0.15) is 19.3 Å². The SMILES string of the molecule is N#CC1=CCC(COC=O)CC1. The maximum absolute atomic E-state index is 9.88. The molecule has 1 atom stereocenters. The minimum Gasteiger partial charge on any atom is -0.468 e. The highest BCUT2D eigenvalue weighted by Crippen LogP contribution is 2.22. The van der Waals surface area contributed by atoms with E-state index in [1.807, 2.05) is 6.08 Å². The van der Waals surface area contributed by atoms with E-state index in [1.54, 1.807) is 0 Å². The first kappa shape index (κ1) is 8.79. The molecule has 0 radical (unpaired) electrons. The number of nitrogens with zero attached hydrogens (tertiary/aromatic N) is 1. The van der Waals surface area contributed by atoms with Gasteiger partial charge in [-0.1, -0.05) is 6.08 Å². The van der Waals surface area contributed by atoms with Crippen molar-refractivity contribution in [2.24, 2.45) is 5.92 Å². The Kier molecular flexibility index (Phi) is 3.34. The van der Waals surface area contributed by atoms with Gasteiger partial charge >= 0.3 is 0 Å². The minimum atomic E-state index is 0.410. The number of carbonyl (C=O) groups is 1. The summed E-state index contributed by atoms with van der Waals surface area (Å²) >= 11 is 0. The van der Waals surface area contributed by atoms with Crippen LogP contribution in [0.15, 0.2) is 11.6 Å². The van der Waals surface area contributed by atoms with Crippen LogP contribution in [0.4, 0.5) is 0 Å². The van der Waals surface area contributed by atoms with Gasteiger partial charge in [-0.2, -0.15) is 5.26 Å². The number of hydrogen-bond donors (Lipinski definition) is 0. The van der Waals surface area contributed by atoms with Gasteiger partial charge in [-0.15, -0.1) is 0 Å². The van der Waals surface area contributed by atoms with Crippen LogP contribution in [-0.4, -0.2) is 13.1 Å². The topological polar surface area (TPSA) is 50.1 Å². The Balaban J connectivity index is 2.32. The fraction of sp³-hybridized carbons (Fsp3) is 0.556. The summed E-state index contributed by atoms with van der Waals surface area (Å²) < 4.78 is 4.65. The molecule has 1 rings (SSSR count). The van der Waals surface area contributed by atoms with E-state index < -0.39 is 0 Å². The fourth-order valence-electron chi connectivity index (χ4n) is 1.32. The second-order valence-electron chi connectivity index (χ2n) is 2.91. The number of hydrogen-bond acceptors (Lipinski definition) is 3. The van der Waals surface area contributed by atoms with E-state index in [4.69, 9.17) is 5.26 Å². The summed E-state index contributed by atoms with van der Waals surface area (Å²) in [5.41, 5.74) is 0.859. The van der Waals surface area contributed by atoms with Gasteiger partial charge in [0.05, 0.1) is 12.7 Å². The summed E-state index contributed by atoms with van der Waals surface area (Å²) in [6, 6.07) is 2.13. The van der Waals surface area contributed by atoms with Gasteiger partial charge in [-0.05, 0) is 25.2 Å². The third kappa shape index (κ3) is 2.39. The minimum absolute atomic E-state index is 0.410. The third-order valence-corrected chi connectivity index (χ3v) is 2.06. The highest BCUT2D eigenvalue weighted by Gasteiger charge is 2.14. The molecule has 0 saturated carbocycles. The Morgan fingerprint density at radius 2 is 2.67 bits per heavy atom. The van der Waals surface area contributed by atoms with Crippen LogP contribution >= 0.6 is 0 Å². The quantitative estimate of drug-likeness (QED) is 0.594. The van der Waals surface area contributed by atoms with Crippen molar-refractivity contribution in [3.8, 4) is 6.07 Å². The lowest BCUT2D eigenvalue weighted by Gasteiger charge is -2.17. The standard InChI is InChI=1S/C9H11NO2/c10-5-8-1-3-9(4-2-8)6-12-7-11/h1,7,9H,2-4,6H2. The van der Waals surface area contributed by atoms with E-state index in [9.17, 15) is 4.79 Å². The van der Waals surface area contributed by atoms with E-state index in [0.717, 1.165) is 24.8 Å². The number of nitriles is 1. The van der Waals surface area contributed by atoms with Gasteiger partial charge in [0.15, 0.2) is 0 Å². The molecule has 0 fully saturated rings. The molecule has 0 aromatic rings.